The molecule has 15 heavy (non-hydrogen) atoms. The quantitative estimate of drug-likeness (QED) is 0.758. The van der Waals surface area contributed by atoms with Crippen LogP contribution in [-0.4, -0.2) is 28.8 Å². The Hall–Kier alpha value is -0.930. The lowest BCUT2D eigenvalue weighted by atomic mass is 9.79. The second-order valence-electron chi connectivity index (χ2n) is 4.49. The van der Waals surface area contributed by atoms with Crippen molar-refractivity contribution in [2.24, 2.45) is 5.92 Å². The first kappa shape index (κ1) is 10.6. The molecule has 2 unspecified atom stereocenters. The van der Waals surface area contributed by atoms with E-state index in [4.69, 9.17) is 0 Å². The fraction of sp³-hybridized carbons (Fsp3) is 0.583. The molecule has 1 aromatic rings. The van der Waals surface area contributed by atoms with Gasteiger partial charge < -0.3 is 10.4 Å². The minimum atomic E-state index is -0.549. The largest absolute Gasteiger partial charge is 0.389 e. The molecule has 3 heteroatoms. The summed E-state index contributed by atoms with van der Waals surface area (Å²) in [5.74, 6) is 0.305. The topological polar surface area (TPSA) is 45.1 Å². The fourth-order valence-electron chi connectivity index (χ4n) is 2.18. The van der Waals surface area contributed by atoms with Crippen molar-refractivity contribution in [3.05, 3.63) is 30.1 Å². The van der Waals surface area contributed by atoms with Crippen molar-refractivity contribution >= 4 is 0 Å². The molecule has 1 aliphatic rings. The first-order valence-corrected chi connectivity index (χ1v) is 5.53. The molecule has 3 nitrogen and oxygen atoms in total. The molecule has 0 radical (unpaired) electrons. The lowest BCUT2D eigenvalue weighted by molar-refractivity contribution is -0.0329. The summed E-state index contributed by atoms with van der Waals surface area (Å²) < 4.78 is 0. The fourth-order valence-corrected chi connectivity index (χ4v) is 2.18. The number of nitrogens with one attached hydrogen (secondary N) is 1. The van der Waals surface area contributed by atoms with Crippen LogP contribution in [-0.2, 0) is 6.42 Å². The van der Waals surface area contributed by atoms with Gasteiger partial charge in [-0.05, 0) is 36.6 Å². The highest BCUT2D eigenvalue weighted by Crippen LogP contribution is 2.27. The number of aliphatic hydroxyl groups is 1. The average Bonchev–Trinajstić information content (AvgIpc) is 2.24. The first-order valence-electron chi connectivity index (χ1n) is 5.53. The zero-order valence-corrected chi connectivity index (χ0v) is 9.11. The molecule has 0 spiro atoms. The van der Waals surface area contributed by atoms with Crippen LogP contribution in [0.5, 0.6) is 0 Å². The van der Waals surface area contributed by atoms with Gasteiger partial charge in [0.1, 0.15) is 0 Å². The number of rotatable bonds is 2. The van der Waals surface area contributed by atoms with E-state index in [9.17, 15) is 5.11 Å². The van der Waals surface area contributed by atoms with E-state index in [2.05, 4.69) is 17.2 Å². The maximum Gasteiger partial charge on any atom is 0.0737 e. The summed E-state index contributed by atoms with van der Waals surface area (Å²) in [4.78, 5) is 3.99. The number of hydrogen-bond acceptors (Lipinski definition) is 3. The summed E-state index contributed by atoms with van der Waals surface area (Å²) in [6, 6.07) is 3.96. The van der Waals surface area contributed by atoms with E-state index in [1.165, 1.54) is 5.56 Å². The summed E-state index contributed by atoms with van der Waals surface area (Å²) in [6.07, 6.45) is 5.13. The van der Waals surface area contributed by atoms with Gasteiger partial charge in [0.2, 0.25) is 0 Å². The van der Waals surface area contributed by atoms with E-state index in [0.717, 1.165) is 25.9 Å². The van der Waals surface area contributed by atoms with E-state index in [1.807, 2.05) is 12.1 Å². The Morgan fingerprint density at radius 3 is 2.93 bits per heavy atom. The Morgan fingerprint density at radius 1 is 1.53 bits per heavy atom. The lowest BCUT2D eigenvalue weighted by Gasteiger charge is -2.38. The second kappa shape index (κ2) is 4.29. The molecule has 1 aromatic heterocycles. The Labute approximate surface area is 90.5 Å². The lowest BCUT2D eigenvalue weighted by Crippen LogP contribution is -2.50. The Bertz CT molecular complexity index is 315. The smallest absolute Gasteiger partial charge is 0.0737 e. The standard InChI is InChI=1S/C12H18N2O/c1-10-9-14-7-4-12(10,15)8-11-2-5-13-6-3-11/h2-3,5-6,10,14-15H,4,7-9H2,1H3. The van der Waals surface area contributed by atoms with E-state index in [1.54, 1.807) is 12.4 Å². The molecular formula is C12H18N2O. The van der Waals surface area contributed by atoms with Gasteiger partial charge >= 0.3 is 0 Å². The maximum atomic E-state index is 10.5. The zero-order valence-electron chi connectivity index (χ0n) is 9.11. The minimum absolute atomic E-state index is 0.305. The van der Waals surface area contributed by atoms with Crippen molar-refractivity contribution in [3.63, 3.8) is 0 Å². The summed E-state index contributed by atoms with van der Waals surface area (Å²) in [5.41, 5.74) is 0.619. The van der Waals surface area contributed by atoms with Crippen LogP contribution in [0.3, 0.4) is 0 Å². The van der Waals surface area contributed by atoms with E-state index in [-0.39, 0.29) is 0 Å². The van der Waals surface area contributed by atoms with Crippen LogP contribution in [0.1, 0.15) is 18.9 Å². The van der Waals surface area contributed by atoms with Gasteiger partial charge in [0, 0.05) is 25.4 Å². The van der Waals surface area contributed by atoms with Crippen molar-refractivity contribution in [1.82, 2.24) is 10.3 Å². The summed E-state index contributed by atoms with van der Waals surface area (Å²) >= 11 is 0. The highest BCUT2D eigenvalue weighted by atomic mass is 16.3. The third kappa shape index (κ3) is 2.36. The van der Waals surface area contributed by atoms with Gasteiger partial charge in [-0.2, -0.15) is 0 Å². The highest BCUT2D eigenvalue weighted by molar-refractivity contribution is 5.14. The molecule has 2 rings (SSSR count). The zero-order chi connectivity index (χ0) is 10.7. The van der Waals surface area contributed by atoms with Crippen LogP contribution in [0.25, 0.3) is 0 Å². The molecule has 2 heterocycles. The molecule has 1 aliphatic heterocycles. The van der Waals surface area contributed by atoms with Crippen LogP contribution in [0.15, 0.2) is 24.5 Å². The maximum absolute atomic E-state index is 10.5. The van der Waals surface area contributed by atoms with Crippen LogP contribution in [0.4, 0.5) is 0 Å². The predicted molar refractivity (Wildman–Crippen MR) is 59.5 cm³/mol. The van der Waals surface area contributed by atoms with Crippen molar-refractivity contribution < 1.29 is 5.11 Å². The van der Waals surface area contributed by atoms with E-state index >= 15 is 0 Å². The molecule has 0 saturated carbocycles. The molecule has 2 atom stereocenters. The molecule has 0 amide bonds. The van der Waals surface area contributed by atoms with Gasteiger partial charge in [-0.1, -0.05) is 6.92 Å². The molecule has 82 valence electrons. The number of nitrogens with zero attached hydrogens (tertiary/aromatic N) is 1. The van der Waals surface area contributed by atoms with Crippen LogP contribution in [0, 0.1) is 5.92 Å². The van der Waals surface area contributed by atoms with E-state index in [0.29, 0.717) is 5.92 Å². The molecule has 0 bridgehead atoms. The monoisotopic (exact) mass is 206 g/mol. The Balaban J connectivity index is 2.09. The van der Waals surface area contributed by atoms with Crippen molar-refractivity contribution in [2.75, 3.05) is 13.1 Å². The highest BCUT2D eigenvalue weighted by Gasteiger charge is 2.35. The van der Waals surface area contributed by atoms with Crippen LogP contribution < -0.4 is 5.32 Å². The van der Waals surface area contributed by atoms with E-state index < -0.39 is 5.60 Å². The van der Waals surface area contributed by atoms with Gasteiger partial charge in [0.05, 0.1) is 5.60 Å². The van der Waals surface area contributed by atoms with Gasteiger partial charge in [-0.15, -0.1) is 0 Å². The van der Waals surface area contributed by atoms with Crippen LogP contribution >= 0.6 is 0 Å². The molecule has 1 fully saturated rings. The minimum Gasteiger partial charge on any atom is -0.389 e. The summed E-state index contributed by atoms with van der Waals surface area (Å²) in [7, 11) is 0. The van der Waals surface area contributed by atoms with Crippen LogP contribution in [0.2, 0.25) is 0 Å². The molecular weight excluding hydrogens is 188 g/mol. The molecule has 0 aromatic carbocycles. The third-order valence-electron chi connectivity index (χ3n) is 3.36. The van der Waals surface area contributed by atoms with Gasteiger partial charge in [-0.25, -0.2) is 0 Å². The molecule has 0 aliphatic carbocycles. The van der Waals surface area contributed by atoms with Crippen molar-refractivity contribution in [2.45, 2.75) is 25.4 Å². The molecule has 2 N–H and O–H groups in total. The first-order chi connectivity index (χ1) is 7.21. The second-order valence-corrected chi connectivity index (χ2v) is 4.49. The normalized spacial score (nSPS) is 31.5. The SMILES string of the molecule is CC1CNCCC1(O)Cc1ccncc1. The number of aromatic nitrogens is 1. The Kier molecular flexibility index (Phi) is 3.03. The predicted octanol–water partition coefficient (Wildman–Crippen LogP) is 0.985. The summed E-state index contributed by atoms with van der Waals surface area (Å²) in [6.45, 7) is 3.92. The summed E-state index contributed by atoms with van der Waals surface area (Å²) in [5, 5.41) is 13.8. The average molecular weight is 206 g/mol. The number of piperidine rings is 1. The number of pyridine rings is 1. The Morgan fingerprint density at radius 2 is 2.27 bits per heavy atom. The third-order valence-corrected chi connectivity index (χ3v) is 3.36. The molecule has 1 saturated heterocycles. The van der Waals surface area contributed by atoms with Gasteiger partial charge in [-0.3, -0.25) is 4.98 Å². The van der Waals surface area contributed by atoms with Gasteiger partial charge in [0.15, 0.2) is 0 Å². The number of hydrogen-bond donors (Lipinski definition) is 2. The van der Waals surface area contributed by atoms with Crippen molar-refractivity contribution in [1.29, 1.82) is 0 Å². The van der Waals surface area contributed by atoms with Gasteiger partial charge in [0.25, 0.3) is 0 Å². The van der Waals surface area contributed by atoms with Crippen molar-refractivity contribution in [3.8, 4) is 0 Å².